The van der Waals surface area contributed by atoms with Crippen molar-refractivity contribution in [3.05, 3.63) is 54.1 Å². The molecule has 0 unspecified atom stereocenters. The zero-order chi connectivity index (χ0) is 19.2. The number of benzene rings is 2. The Morgan fingerprint density at radius 2 is 1.69 bits per heavy atom. The van der Waals surface area contributed by atoms with E-state index < -0.39 is 15.9 Å². The summed E-state index contributed by atoms with van der Waals surface area (Å²) >= 11 is 1.62. The molecule has 0 saturated carbocycles. The van der Waals surface area contributed by atoms with Crippen molar-refractivity contribution in [1.82, 2.24) is 4.72 Å². The van der Waals surface area contributed by atoms with Crippen molar-refractivity contribution in [1.29, 1.82) is 0 Å². The maximum atomic E-state index is 12.5. The van der Waals surface area contributed by atoms with Gasteiger partial charge in [0.1, 0.15) is 0 Å². The molecule has 8 heteroatoms. The predicted molar refractivity (Wildman–Crippen MR) is 103 cm³/mol. The lowest BCUT2D eigenvalue weighted by Crippen LogP contribution is -2.28. The van der Waals surface area contributed by atoms with Gasteiger partial charge in [0, 0.05) is 17.5 Å². The van der Waals surface area contributed by atoms with Gasteiger partial charge in [-0.15, -0.1) is 11.8 Å². The van der Waals surface area contributed by atoms with Crippen LogP contribution in [0, 0.1) is 0 Å². The first-order valence-corrected chi connectivity index (χ1v) is 10.5. The molecular weight excluding hydrogens is 372 g/mol. The molecule has 0 aliphatic carbocycles. The zero-order valence-electron chi connectivity index (χ0n) is 14.5. The van der Waals surface area contributed by atoms with Crippen molar-refractivity contribution < 1.29 is 18.0 Å². The van der Waals surface area contributed by atoms with Crippen LogP contribution in [-0.2, 0) is 14.8 Å². The van der Waals surface area contributed by atoms with Gasteiger partial charge in [-0.05, 0) is 48.6 Å². The van der Waals surface area contributed by atoms with Gasteiger partial charge in [0.25, 0.3) is 15.9 Å². The fourth-order valence-electron chi connectivity index (χ4n) is 2.16. The van der Waals surface area contributed by atoms with Crippen LogP contribution < -0.4 is 10.0 Å². The van der Waals surface area contributed by atoms with Gasteiger partial charge in [0.2, 0.25) is 5.91 Å². The average molecular weight is 393 g/mol. The van der Waals surface area contributed by atoms with Gasteiger partial charge in [0.15, 0.2) is 0 Å². The van der Waals surface area contributed by atoms with E-state index in [4.69, 9.17) is 0 Å². The Hall–Kier alpha value is -2.32. The summed E-state index contributed by atoms with van der Waals surface area (Å²) in [5, 5.41) is 2.76. The first-order valence-electron chi connectivity index (χ1n) is 8.00. The Morgan fingerprint density at radius 3 is 2.31 bits per heavy atom. The van der Waals surface area contributed by atoms with E-state index in [1.165, 1.54) is 24.3 Å². The third kappa shape index (κ3) is 5.34. The number of amides is 2. The summed E-state index contributed by atoms with van der Waals surface area (Å²) in [5.41, 5.74) is 1.04. The van der Waals surface area contributed by atoms with Crippen molar-refractivity contribution in [3.8, 4) is 0 Å². The molecular formula is C18H20N2O4S2. The minimum absolute atomic E-state index is 0.0513. The van der Waals surface area contributed by atoms with Crippen LogP contribution in [0.25, 0.3) is 0 Å². The predicted octanol–water partition coefficient (Wildman–Crippen LogP) is 3.27. The van der Waals surface area contributed by atoms with Crippen molar-refractivity contribution in [2.24, 2.45) is 0 Å². The lowest BCUT2D eigenvalue weighted by Gasteiger charge is -2.10. The topological polar surface area (TPSA) is 92.3 Å². The second kappa shape index (κ2) is 8.86. The minimum atomic E-state index is -3.89. The molecule has 2 aromatic carbocycles. The summed E-state index contributed by atoms with van der Waals surface area (Å²) in [6, 6.07) is 13.0. The molecule has 2 amide bonds. The fourth-order valence-corrected chi connectivity index (χ4v) is 4.06. The van der Waals surface area contributed by atoms with Crippen molar-refractivity contribution in [3.63, 3.8) is 0 Å². The highest BCUT2D eigenvalue weighted by Gasteiger charge is 2.16. The lowest BCUT2D eigenvalue weighted by molar-refractivity contribution is -0.117. The number of anilines is 1. The van der Waals surface area contributed by atoms with Gasteiger partial charge < -0.3 is 5.32 Å². The average Bonchev–Trinajstić information content (AvgIpc) is 2.59. The molecule has 0 aliphatic rings. The minimum Gasteiger partial charge on any atom is -0.322 e. The van der Waals surface area contributed by atoms with E-state index in [0.29, 0.717) is 11.3 Å². The Balaban J connectivity index is 2.15. The maximum absolute atomic E-state index is 12.5. The third-order valence-corrected chi connectivity index (χ3v) is 6.02. The van der Waals surface area contributed by atoms with Gasteiger partial charge in [-0.1, -0.05) is 19.1 Å². The van der Waals surface area contributed by atoms with Crippen LogP contribution in [0.4, 0.5) is 5.69 Å². The number of sulfonamides is 1. The molecule has 2 N–H and O–H groups in total. The van der Waals surface area contributed by atoms with E-state index in [2.05, 4.69) is 12.2 Å². The molecule has 0 saturated heterocycles. The summed E-state index contributed by atoms with van der Waals surface area (Å²) in [6.45, 7) is 3.20. The van der Waals surface area contributed by atoms with Gasteiger partial charge in [-0.25, -0.2) is 13.1 Å². The first-order chi connectivity index (χ1) is 12.3. The van der Waals surface area contributed by atoms with Gasteiger partial charge in [-0.2, -0.15) is 0 Å². The van der Waals surface area contributed by atoms with Crippen LogP contribution in [0.1, 0.15) is 30.6 Å². The number of thioether (sulfide) groups is 1. The second-order valence-electron chi connectivity index (χ2n) is 5.48. The van der Waals surface area contributed by atoms with Crippen LogP contribution in [-0.4, -0.2) is 26.0 Å². The number of nitrogens with one attached hydrogen (secondary N) is 2. The van der Waals surface area contributed by atoms with E-state index >= 15 is 0 Å². The molecule has 26 heavy (non-hydrogen) atoms. The molecule has 0 fully saturated rings. The van der Waals surface area contributed by atoms with Gasteiger partial charge >= 0.3 is 0 Å². The van der Waals surface area contributed by atoms with E-state index in [0.717, 1.165) is 24.0 Å². The van der Waals surface area contributed by atoms with Crippen LogP contribution in [0.3, 0.4) is 0 Å². The summed E-state index contributed by atoms with van der Waals surface area (Å²) in [5.74, 6) is -0.00904. The molecule has 0 aromatic heterocycles. The van der Waals surface area contributed by atoms with Crippen LogP contribution >= 0.6 is 11.8 Å². The smallest absolute Gasteiger partial charge is 0.264 e. The van der Waals surface area contributed by atoms with Gasteiger partial charge in [-0.3, -0.25) is 9.59 Å². The third-order valence-electron chi connectivity index (χ3n) is 3.29. The first kappa shape index (κ1) is 20.0. The number of hydrogen-bond donors (Lipinski definition) is 2. The number of hydrogen-bond acceptors (Lipinski definition) is 5. The summed E-state index contributed by atoms with van der Waals surface area (Å²) in [4.78, 5) is 24.3. The van der Waals surface area contributed by atoms with Gasteiger partial charge in [0.05, 0.1) is 10.5 Å². The van der Waals surface area contributed by atoms with Crippen molar-refractivity contribution in [2.45, 2.75) is 30.1 Å². The van der Waals surface area contributed by atoms with Crippen LogP contribution in [0.15, 0.2) is 58.3 Å². The molecule has 138 valence electrons. The SMILES string of the molecule is CCCSc1ccccc1C(=O)Nc1ccc(S(=O)(=O)NC(C)=O)cc1. The van der Waals surface area contributed by atoms with E-state index in [1.54, 1.807) is 23.9 Å². The standard InChI is InChI=1S/C18H20N2O4S2/c1-3-12-25-17-7-5-4-6-16(17)18(22)19-14-8-10-15(11-9-14)26(23,24)20-13(2)21/h4-11H,3,12H2,1-2H3,(H,19,22)(H,20,21). The van der Waals surface area contributed by atoms with Crippen LogP contribution in [0.5, 0.6) is 0 Å². The number of carbonyl (C=O) groups excluding carboxylic acids is 2. The molecule has 2 rings (SSSR count). The normalized spacial score (nSPS) is 11.0. The Labute approximate surface area is 157 Å². The lowest BCUT2D eigenvalue weighted by atomic mass is 10.2. The highest BCUT2D eigenvalue weighted by Crippen LogP contribution is 2.24. The Kier molecular flexibility index (Phi) is 6.82. The fraction of sp³-hybridized carbons (Fsp3) is 0.222. The zero-order valence-corrected chi connectivity index (χ0v) is 16.1. The summed E-state index contributed by atoms with van der Waals surface area (Å²) in [7, 11) is -3.89. The highest BCUT2D eigenvalue weighted by atomic mass is 32.2. The molecule has 0 heterocycles. The number of rotatable bonds is 7. The van der Waals surface area contributed by atoms with E-state index in [9.17, 15) is 18.0 Å². The highest BCUT2D eigenvalue weighted by molar-refractivity contribution is 7.99. The molecule has 2 aromatic rings. The molecule has 0 bridgehead atoms. The largest absolute Gasteiger partial charge is 0.322 e. The molecule has 6 nitrogen and oxygen atoms in total. The molecule has 0 radical (unpaired) electrons. The van der Waals surface area contributed by atoms with E-state index in [1.807, 2.05) is 16.9 Å². The molecule has 0 spiro atoms. The Bertz CT molecular complexity index is 894. The summed E-state index contributed by atoms with van der Waals surface area (Å²) in [6.07, 6.45) is 1.00. The maximum Gasteiger partial charge on any atom is 0.264 e. The Morgan fingerprint density at radius 1 is 1.04 bits per heavy atom. The quantitative estimate of drug-likeness (QED) is 0.706. The molecule has 0 atom stereocenters. The van der Waals surface area contributed by atoms with Crippen molar-refractivity contribution >= 4 is 39.3 Å². The van der Waals surface area contributed by atoms with Crippen LogP contribution in [0.2, 0.25) is 0 Å². The van der Waals surface area contributed by atoms with E-state index in [-0.39, 0.29) is 10.8 Å². The second-order valence-corrected chi connectivity index (χ2v) is 8.30. The molecule has 0 aliphatic heterocycles. The number of carbonyl (C=O) groups is 2. The monoisotopic (exact) mass is 392 g/mol. The summed E-state index contributed by atoms with van der Waals surface area (Å²) < 4.78 is 25.7. The van der Waals surface area contributed by atoms with Crippen molar-refractivity contribution in [2.75, 3.05) is 11.1 Å².